The van der Waals surface area contributed by atoms with E-state index in [1.165, 1.54) is 7.11 Å². The van der Waals surface area contributed by atoms with Crippen LogP contribution < -0.4 is 0 Å². The van der Waals surface area contributed by atoms with Gasteiger partial charge in [0.1, 0.15) is 0 Å². The zero-order valence-electron chi connectivity index (χ0n) is 8.38. The molecule has 1 heterocycles. The summed E-state index contributed by atoms with van der Waals surface area (Å²) in [5.74, 6) is 0.154. The van der Waals surface area contributed by atoms with Crippen molar-refractivity contribution in [2.45, 2.75) is 26.7 Å². The number of ether oxygens (including phenoxy) is 1. The third-order valence-corrected chi connectivity index (χ3v) is 3.16. The highest BCUT2D eigenvalue weighted by molar-refractivity contribution is 7.12. The van der Waals surface area contributed by atoms with Crippen molar-refractivity contribution in [2.75, 3.05) is 7.11 Å². The number of methoxy groups -OCH3 is 1. The molecule has 0 aliphatic carbocycles. The first kappa shape index (κ1) is 10.3. The van der Waals surface area contributed by atoms with E-state index in [9.17, 15) is 4.79 Å². The molecule has 0 fully saturated rings. The van der Waals surface area contributed by atoms with Crippen molar-refractivity contribution < 1.29 is 9.53 Å². The van der Waals surface area contributed by atoms with Crippen molar-refractivity contribution in [3.8, 4) is 0 Å². The summed E-state index contributed by atoms with van der Waals surface area (Å²) in [6.07, 6.45) is 0. The molecule has 13 heavy (non-hydrogen) atoms. The van der Waals surface area contributed by atoms with E-state index >= 15 is 0 Å². The van der Waals surface area contributed by atoms with Gasteiger partial charge in [0.05, 0.1) is 12.7 Å². The Morgan fingerprint density at radius 3 is 2.62 bits per heavy atom. The van der Waals surface area contributed by atoms with Crippen molar-refractivity contribution in [3.05, 3.63) is 21.4 Å². The van der Waals surface area contributed by atoms with Crippen LogP contribution in [-0.2, 0) is 4.74 Å². The average molecular weight is 198 g/mol. The molecule has 0 spiro atoms. The molecule has 72 valence electrons. The number of esters is 1. The van der Waals surface area contributed by atoms with Crippen molar-refractivity contribution in [3.63, 3.8) is 0 Å². The molecule has 0 saturated carbocycles. The van der Waals surface area contributed by atoms with E-state index in [4.69, 9.17) is 4.74 Å². The minimum absolute atomic E-state index is 0.229. The van der Waals surface area contributed by atoms with Crippen LogP contribution in [0, 0.1) is 6.92 Å². The number of carbonyl (C=O) groups is 1. The number of hydrogen-bond donors (Lipinski definition) is 0. The highest BCUT2D eigenvalue weighted by Crippen LogP contribution is 2.29. The lowest BCUT2D eigenvalue weighted by Crippen LogP contribution is -2.03. The molecule has 1 aromatic heterocycles. The highest BCUT2D eigenvalue weighted by atomic mass is 32.1. The van der Waals surface area contributed by atoms with E-state index in [1.54, 1.807) is 11.3 Å². The van der Waals surface area contributed by atoms with Crippen LogP contribution in [0.2, 0.25) is 0 Å². The number of hydrogen-bond acceptors (Lipinski definition) is 3. The summed E-state index contributed by atoms with van der Waals surface area (Å²) in [6, 6.07) is 1.89. The van der Waals surface area contributed by atoms with Gasteiger partial charge in [-0.25, -0.2) is 4.79 Å². The normalized spacial score (nSPS) is 10.5. The van der Waals surface area contributed by atoms with Gasteiger partial charge in [0.15, 0.2) is 0 Å². The molecular weight excluding hydrogens is 184 g/mol. The lowest BCUT2D eigenvalue weighted by atomic mass is 10.1. The molecule has 0 atom stereocenters. The smallest absolute Gasteiger partial charge is 0.339 e. The SMILES string of the molecule is COC(=O)c1cc(C)sc1C(C)C. The number of aryl methyl sites for hydroxylation is 1. The van der Waals surface area contributed by atoms with Crippen LogP contribution in [0.4, 0.5) is 0 Å². The molecule has 1 aromatic rings. The molecule has 0 saturated heterocycles. The van der Waals surface area contributed by atoms with Gasteiger partial charge in [-0.3, -0.25) is 0 Å². The largest absolute Gasteiger partial charge is 0.465 e. The maximum atomic E-state index is 11.3. The summed E-state index contributed by atoms with van der Waals surface area (Å²) >= 11 is 1.67. The second-order valence-electron chi connectivity index (χ2n) is 3.28. The fourth-order valence-electron chi connectivity index (χ4n) is 1.23. The molecule has 0 unspecified atom stereocenters. The molecule has 2 nitrogen and oxygen atoms in total. The zero-order valence-corrected chi connectivity index (χ0v) is 9.20. The quantitative estimate of drug-likeness (QED) is 0.683. The summed E-state index contributed by atoms with van der Waals surface area (Å²) in [5, 5.41) is 0. The average Bonchev–Trinajstić information content (AvgIpc) is 2.46. The van der Waals surface area contributed by atoms with Gasteiger partial charge in [-0.2, -0.15) is 0 Å². The van der Waals surface area contributed by atoms with Gasteiger partial charge in [0.2, 0.25) is 0 Å². The zero-order chi connectivity index (χ0) is 10.0. The maximum absolute atomic E-state index is 11.3. The Kier molecular flexibility index (Phi) is 3.09. The van der Waals surface area contributed by atoms with Crippen LogP contribution in [0.5, 0.6) is 0 Å². The summed E-state index contributed by atoms with van der Waals surface area (Å²) in [7, 11) is 1.42. The summed E-state index contributed by atoms with van der Waals surface area (Å²) in [5.41, 5.74) is 0.722. The second kappa shape index (κ2) is 3.92. The van der Waals surface area contributed by atoms with Gasteiger partial charge in [-0.15, -0.1) is 11.3 Å². The monoisotopic (exact) mass is 198 g/mol. The Balaban J connectivity index is 3.11. The molecule has 0 amide bonds. The molecule has 0 aliphatic heterocycles. The van der Waals surface area contributed by atoms with Gasteiger partial charge >= 0.3 is 5.97 Å². The summed E-state index contributed by atoms with van der Waals surface area (Å²) in [4.78, 5) is 13.6. The molecular formula is C10H14O2S. The van der Waals surface area contributed by atoms with Crippen molar-refractivity contribution in [1.29, 1.82) is 0 Å². The molecule has 0 aromatic carbocycles. The predicted molar refractivity (Wildman–Crippen MR) is 54.5 cm³/mol. The third kappa shape index (κ3) is 2.10. The van der Waals surface area contributed by atoms with Gasteiger partial charge < -0.3 is 4.74 Å². The highest BCUT2D eigenvalue weighted by Gasteiger charge is 2.16. The third-order valence-electron chi connectivity index (χ3n) is 1.81. The number of rotatable bonds is 2. The minimum Gasteiger partial charge on any atom is -0.465 e. The fourth-order valence-corrected chi connectivity index (χ4v) is 2.24. The van der Waals surface area contributed by atoms with Crippen LogP contribution in [-0.4, -0.2) is 13.1 Å². The van der Waals surface area contributed by atoms with Crippen molar-refractivity contribution >= 4 is 17.3 Å². The van der Waals surface area contributed by atoms with Crippen LogP contribution in [0.15, 0.2) is 6.07 Å². The van der Waals surface area contributed by atoms with Gasteiger partial charge in [-0.1, -0.05) is 13.8 Å². The lowest BCUT2D eigenvalue weighted by Gasteiger charge is -2.04. The second-order valence-corrected chi connectivity index (χ2v) is 4.57. The van der Waals surface area contributed by atoms with E-state index in [-0.39, 0.29) is 5.97 Å². The Morgan fingerprint density at radius 1 is 1.54 bits per heavy atom. The van der Waals surface area contributed by atoms with Gasteiger partial charge in [-0.05, 0) is 18.9 Å². The molecule has 0 N–H and O–H groups in total. The Morgan fingerprint density at radius 2 is 2.15 bits per heavy atom. The van der Waals surface area contributed by atoms with Crippen molar-refractivity contribution in [1.82, 2.24) is 0 Å². The van der Waals surface area contributed by atoms with E-state index in [1.807, 2.05) is 13.0 Å². The number of carbonyl (C=O) groups excluding carboxylic acids is 1. The van der Waals surface area contributed by atoms with Crippen LogP contribution in [0.1, 0.15) is 39.9 Å². The molecule has 0 aliphatic rings. The van der Waals surface area contributed by atoms with Gasteiger partial charge in [0.25, 0.3) is 0 Å². The molecule has 0 bridgehead atoms. The number of thiophene rings is 1. The fraction of sp³-hybridized carbons (Fsp3) is 0.500. The Labute approximate surface area is 82.5 Å². The predicted octanol–water partition coefficient (Wildman–Crippen LogP) is 2.97. The topological polar surface area (TPSA) is 26.3 Å². The summed E-state index contributed by atoms with van der Waals surface area (Å²) in [6.45, 7) is 6.17. The van der Waals surface area contributed by atoms with E-state index < -0.39 is 0 Å². The van der Waals surface area contributed by atoms with Crippen LogP contribution in [0.3, 0.4) is 0 Å². The summed E-state index contributed by atoms with van der Waals surface area (Å²) < 4.78 is 4.71. The lowest BCUT2D eigenvalue weighted by molar-refractivity contribution is 0.0600. The van der Waals surface area contributed by atoms with E-state index in [0.717, 1.165) is 15.3 Å². The first-order valence-electron chi connectivity index (χ1n) is 4.25. The van der Waals surface area contributed by atoms with E-state index in [2.05, 4.69) is 13.8 Å². The Bertz CT molecular complexity index is 313. The maximum Gasteiger partial charge on any atom is 0.339 e. The van der Waals surface area contributed by atoms with Crippen LogP contribution >= 0.6 is 11.3 Å². The first-order chi connectivity index (χ1) is 6.06. The molecule has 0 radical (unpaired) electrons. The van der Waals surface area contributed by atoms with Gasteiger partial charge in [0, 0.05) is 9.75 Å². The van der Waals surface area contributed by atoms with E-state index in [0.29, 0.717) is 5.92 Å². The first-order valence-corrected chi connectivity index (χ1v) is 5.06. The van der Waals surface area contributed by atoms with Crippen LogP contribution in [0.25, 0.3) is 0 Å². The minimum atomic E-state index is -0.229. The van der Waals surface area contributed by atoms with Crippen molar-refractivity contribution in [2.24, 2.45) is 0 Å². The Hall–Kier alpha value is -0.830. The standard InChI is InChI=1S/C10H14O2S/c1-6(2)9-8(10(11)12-4)5-7(3)13-9/h5-6H,1-4H3. The molecule has 1 rings (SSSR count). The molecule has 3 heteroatoms.